The lowest BCUT2D eigenvalue weighted by Gasteiger charge is -2.35. The molecular weight excluding hydrogens is 330 g/mol. The fourth-order valence-electron chi connectivity index (χ4n) is 4.52. The lowest BCUT2D eigenvalue weighted by molar-refractivity contribution is -0.147. The number of fused-ring (bicyclic) bond motifs is 1. The Kier molecular flexibility index (Phi) is 5.27. The molecule has 0 spiro atoms. The summed E-state index contributed by atoms with van der Waals surface area (Å²) in [6.45, 7) is 4.16. The van der Waals surface area contributed by atoms with Gasteiger partial charge in [-0.05, 0) is 37.9 Å². The second-order valence-corrected chi connectivity index (χ2v) is 7.69. The Morgan fingerprint density at radius 1 is 1.27 bits per heavy atom. The molecule has 142 valence electrons. The molecule has 0 saturated carbocycles. The van der Waals surface area contributed by atoms with Crippen LogP contribution in [0, 0.1) is 0 Å². The Hall–Kier alpha value is -1.47. The van der Waals surface area contributed by atoms with E-state index in [-0.39, 0.29) is 18.1 Å². The smallest absolute Gasteiger partial charge is 0.252 e. The fourth-order valence-corrected chi connectivity index (χ4v) is 4.52. The average molecular weight is 359 g/mol. The third-order valence-electron chi connectivity index (χ3n) is 6.14. The molecule has 1 aromatic carbocycles. The van der Waals surface area contributed by atoms with Gasteiger partial charge >= 0.3 is 0 Å². The number of carbonyl (C=O) groups excluding carboxylic acids is 1. The molecule has 4 rings (SSSR count). The van der Waals surface area contributed by atoms with Gasteiger partial charge in [0.05, 0.1) is 12.7 Å². The van der Waals surface area contributed by atoms with Gasteiger partial charge in [-0.2, -0.15) is 0 Å². The molecule has 26 heavy (non-hydrogen) atoms. The second-order valence-electron chi connectivity index (χ2n) is 7.69. The van der Waals surface area contributed by atoms with Crippen molar-refractivity contribution in [2.24, 2.45) is 0 Å². The van der Waals surface area contributed by atoms with Crippen LogP contribution in [0.2, 0.25) is 0 Å². The SMILES string of the molecule is COC1(C(=O)N[C@@H]2C[C@H]3CO[C@@H](c4ccccc4)CN3C2)CCNCC1. The molecule has 3 aliphatic rings. The minimum atomic E-state index is -0.669. The zero-order chi connectivity index (χ0) is 18.0. The number of amides is 1. The normalized spacial score (nSPS) is 31.3. The Balaban J connectivity index is 1.36. The summed E-state index contributed by atoms with van der Waals surface area (Å²) in [6.07, 6.45) is 2.53. The van der Waals surface area contributed by atoms with E-state index in [0.717, 1.165) is 52.0 Å². The lowest BCUT2D eigenvalue weighted by atomic mass is 9.90. The zero-order valence-corrected chi connectivity index (χ0v) is 15.4. The van der Waals surface area contributed by atoms with E-state index in [1.54, 1.807) is 7.11 Å². The molecule has 0 radical (unpaired) electrons. The number of hydrogen-bond acceptors (Lipinski definition) is 5. The average Bonchev–Trinajstić information content (AvgIpc) is 3.10. The predicted molar refractivity (Wildman–Crippen MR) is 98.9 cm³/mol. The van der Waals surface area contributed by atoms with Crippen LogP contribution in [-0.2, 0) is 14.3 Å². The van der Waals surface area contributed by atoms with E-state index in [4.69, 9.17) is 9.47 Å². The van der Waals surface area contributed by atoms with Gasteiger partial charge in [0.25, 0.3) is 5.91 Å². The molecule has 0 aliphatic carbocycles. The quantitative estimate of drug-likeness (QED) is 0.843. The van der Waals surface area contributed by atoms with E-state index in [2.05, 4.69) is 39.8 Å². The van der Waals surface area contributed by atoms with Gasteiger partial charge in [0, 0.05) is 32.3 Å². The molecule has 0 unspecified atom stereocenters. The molecule has 3 atom stereocenters. The Morgan fingerprint density at radius 3 is 2.77 bits per heavy atom. The molecular formula is C20H29N3O3. The van der Waals surface area contributed by atoms with E-state index in [9.17, 15) is 4.79 Å². The van der Waals surface area contributed by atoms with Crippen LogP contribution < -0.4 is 10.6 Å². The van der Waals surface area contributed by atoms with Gasteiger partial charge in [-0.1, -0.05) is 30.3 Å². The summed E-state index contributed by atoms with van der Waals surface area (Å²) in [4.78, 5) is 15.4. The summed E-state index contributed by atoms with van der Waals surface area (Å²) >= 11 is 0. The molecule has 1 aromatic rings. The van der Waals surface area contributed by atoms with Crippen molar-refractivity contribution in [2.45, 2.75) is 43.1 Å². The zero-order valence-electron chi connectivity index (χ0n) is 15.4. The maximum Gasteiger partial charge on any atom is 0.252 e. The molecule has 3 fully saturated rings. The largest absolute Gasteiger partial charge is 0.371 e. The van der Waals surface area contributed by atoms with E-state index < -0.39 is 5.60 Å². The minimum Gasteiger partial charge on any atom is -0.371 e. The number of rotatable bonds is 4. The highest BCUT2D eigenvalue weighted by Crippen LogP contribution is 2.31. The topological polar surface area (TPSA) is 62.8 Å². The van der Waals surface area contributed by atoms with Crippen molar-refractivity contribution in [3.05, 3.63) is 35.9 Å². The number of ether oxygens (including phenoxy) is 2. The predicted octanol–water partition coefficient (Wildman–Crippen LogP) is 1.09. The monoisotopic (exact) mass is 359 g/mol. The van der Waals surface area contributed by atoms with Gasteiger partial charge in [0.15, 0.2) is 0 Å². The van der Waals surface area contributed by atoms with Crippen LogP contribution in [0.25, 0.3) is 0 Å². The highest BCUT2D eigenvalue weighted by atomic mass is 16.5. The molecule has 0 aromatic heterocycles. The van der Waals surface area contributed by atoms with Gasteiger partial charge in [0.1, 0.15) is 5.60 Å². The lowest BCUT2D eigenvalue weighted by Crippen LogP contribution is -2.56. The van der Waals surface area contributed by atoms with Crippen molar-refractivity contribution < 1.29 is 14.3 Å². The molecule has 2 N–H and O–H groups in total. The molecule has 3 heterocycles. The van der Waals surface area contributed by atoms with Crippen molar-refractivity contribution in [3.63, 3.8) is 0 Å². The van der Waals surface area contributed by atoms with Crippen molar-refractivity contribution in [1.29, 1.82) is 0 Å². The number of nitrogens with one attached hydrogen (secondary N) is 2. The third kappa shape index (κ3) is 3.51. The van der Waals surface area contributed by atoms with Crippen LogP contribution in [0.15, 0.2) is 30.3 Å². The molecule has 3 saturated heterocycles. The van der Waals surface area contributed by atoms with Crippen molar-refractivity contribution in [1.82, 2.24) is 15.5 Å². The molecule has 6 heteroatoms. The summed E-state index contributed by atoms with van der Waals surface area (Å²) in [6, 6.07) is 11.0. The van der Waals surface area contributed by atoms with Gasteiger partial charge in [-0.15, -0.1) is 0 Å². The number of methoxy groups -OCH3 is 1. The summed E-state index contributed by atoms with van der Waals surface area (Å²) in [5.41, 5.74) is 0.559. The molecule has 3 aliphatic heterocycles. The number of nitrogens with zero attached hydrogens (tertiary/aromatic N) is 1. The molecule has 0 bridgehead atoms. The van der Waals surface area contributed by atoms with E-state index in [1.165, 1.54) is 5.56 Å². The van der Waals surface area contributed by atoms with E-state index in [1.807, 2.05) is 6.07 Å². The van der Waals surface area contributed by atoms with Crippen molar-refractivity contribution in [3.8, 4) is 0 Å². The molecule has 6 nitrogen and oxygen atoms in total. The Morgan fingerprint density at radius 2 is 2.04 bits per heavy atom. The first-order chi connectivity index (χ1) is 12.7. The highest BCUT2D eigenvalue weighted by Gasteiger charge is 2.43. The number of carbonyl (C=O) groups is 1. The van der Waals surface area contributed by atoms with Crippen molar-refractivity contribution in [2.75, 3.05) is 39.9 Å². The van der Waals surface area contributed by atoms with E-state index >= 15 is 0 Å². The summed E-state index contributed by atoms with van der Waals surface area (Å²) < 4.78 is 11.8. The fraction of sp³-hybridized carbons (Fsp3) is 0.650. The Bertz CT molecular complexity index is 618. The van der Waals surface area contributed by atoms with Gasteiger partial charge in [-0.3, -0.25) is 9.69 Å². The maximum atomic E-state index is 12.9. The summed E-state index contributed by atoms with van der Waals surface area (Å²) in [7, 11) is 1.65. The van der Waals surface area contributed by atoms with Gasteiger partial charge in [0.2, 0.25) is 0 Å². The number of morpholine rings is 1. The Labute approximate surface area is 155 Å². The van der Waals surface area contributed by atoms with Crippen LogP contribution >= 0.6 is 0 Å². The van der Waals surface area contributed by atoms with Gasteiger partial charge < -0.3 is 20.1 Å². The first-order valence-electron chi connectivity index (χ1n) is 9.68. The molecule has 1 amide bonds. The third-order valence-corrected chi connectivity index (χ3v) is 6.14. The summed E-state index contributed by atoms with van der Waals surface area (Å²) in [5.74, 6) is 0.0480. The van der Waals surface area contributed by atoms with Crippen LogP contribution in [0.1, 0.15) is 30.9 Å². The van der Waals surface area contributed by atoms with Gasteiger partial charge in [-0.25, -0.2) is 0 Å². The van der Waals surface area contributed by atoms with Crippen LogP contribution in [-0.4, -0.2) is 68.4 Å². The van der Waals surface area contributed by atoms with Crippen molar-refractivity contribution >= 4 is 5.91 Å². The van der Waals surface area contributed by atoms with Crippen LogP contribution in [0.3, 0.4) is 0 Å². The standard InChI is InChI=1S/C20H29N3O3/c1-25-20(7-9-21-10-8-20)19(24)22-16-11-17-14-26-18(13-23(17)12-16)15-5-3-2-4-6-15/h2-6,16-18,21H,7-14H2,1H3,(H,22,24)/t16-,17+,18-/m1/s1. The van der Waals surface area contributed by atoms with Crippen LogP contribution in [0.4, 0.5) is 0 Å². The first-order valence-corrected chi connectivity index (χ1v) is 9.68. The number of piperidine rings is 1. The first kappa shape index (κ1) is 17.9. The highest BCUT2D eigenvalue weighted by molar-refractivity contribution is 5.85. The summed E-state index contributed by atoms with van der Waals surface area (Å²) in [5, 5.41) is 6.56. The number of benzene rings is 1. The minimum absolute atomic E-state index is 0.0480. The van der Waals surface area contributed by atoms with E-state index in [0.29, 0.717) is 6.04 Å². The maximum absolute atomic E-state index is 12.9. The number of hydrogen-bond donors (Lipinski definition) is 2. The van der Waals surface area contributed by atoms with Crippen LogP contribution in [0.5, 0.6) is 0 Å². The second kappa shape index (κ2) is 7.64.